The molecule has 4 N–H and O–H groups in total. The summed E-state index contributed by atoms with van der Waals surface area (Å²) in [5.41, 5.74) is -3.81. The first-order valence-electron chi connectivity index (χ1n) is 5.39. The molecule has 0 fully saturated rings. The minimum absolute atomic E-state index is 0.400. The number of hydrazine groups is 1. The van der Waals surface area contributed by atoms with E-state index in [-0.39, 0.29) is 0 Å². The van der Waals surface area contributed by atoms with Crippen molar-refractivity contribution in [2.45, 2.75) is 18.0 Å². The van der Waals surface area contributed by atoms with E-state index in [2.05, 4.69) is 9.72 Å². The third-order valence-corrected chi connectivity index (χ3v) is 2.45. The standard InChI is InChI=1S/C10H9F6N3O3/c11-9(12,13)8(21,10(14,15)16)4-22-6-3-1-2-5(18-6)7(20)19-17/h1-3,21H,4,17H2,(H,19,20). The number of halogens is 6. The normalized spacial score (nSPS) is 12.9. The molecule has 0 radical (unpaired) electrons. The summed E-state index contributed by atoms with van der Waals surface area (Å²) in [7, 11) is 0. The van der Waals surface area contributed by atoms with Gasteiger partial charge in [0, 0.05) is 6.07 Å². The first-order valence-corrected chi connectivity index (χ1v) is 5.39. The van der Waals surface area contributed by atoms with Crippen LogP contribution in [0.25, 0.3) is 0 Å². The van der Waals surface area contributed by atoms with Crippen LogP contribution in [0.3, 0.4) is 0 Å². The fourth-order valence-corrected chi connectivity index (χ4v) is 1.20. The maximum absolute atomic E-state index is 12.4. The number of nitrogen functional groups attached to an aromatic ring is 1. The highest BCUT2D eigenvalue weighted by atomic mass is 19.4. The number of ether oxygens (including phenoxy) is 1. The summed E-state index contributed by atoms with van der Waals surface area (Å²) in [6.45, 7) is -2.18. The molecule has 1 aromatic heterocycles. The van der Waals surface area contributed by atoms with Gasteiger partial charge in [-0.3, -0.25) is 10.2 Å². The van der Waals surface area contributed by atoms with Crippen molar-refractivity contribution in [2.75, 3.05) is 6.61 Å². The van der Waals surface area contributed by atoms with Gasteiger partial charge >= 0.3 is 12.4 Å². The number of rotatable bonds is 4. The van der Waals surface area contributed by atoms with Crippen LogP contribution in [-0.2, 0) is 0 Å². The number of nitrogens with two attached hydrogens (primary N) is 1. The number of nitrogens with zero attached hydrogens (tertiary/aromatic N) is 1. The largest absolute Gasteiger partial charge is 0.474 e. The van der Waals surface area contributed by atoms with Gasteiger partial charge in [0.2, 0.25) is 5.88 Å². The first-order chi connectivity index (χ1) is 9.92. The Morgan fingerprint density at radius 2 is 1.77 bits per heavy atom. The Hall–Kier alpha value is -2.08. The number of carbonyl (C=O) groups is 1. The van der Waals surface area contributed by atoms with Crippen LogP contribution < -0.4 is 16.0 Å². The molecule has 0 aliphatic rings. The van der Waals surface area contributed by atoms with Crippen molar-refractivity contribution < 1.29 is 41.0 Å². The molecule has 0 aromatic carbocycles. The van der Waals surface area contributed by atoms with Crippen LogP contribution in [0.1, 0.15) is 10.5 Å². The molecule has 0 aliphatic heterocycles. The van der Waals surface area contributed by atoms with Crippen LogP contribution in [0.5, 0.6) is 5.88 Å². The van der Waals surface area contributed by atoms with Crippen LogP contribution in [0.4, 0.5) is 26.3 Å². The highest BCUT2D eigenvalue weighted by molar-refractivity contribution is 5.91. The zero-order valence-corrected chi connectivity index (χ0v) is 10.5. The number of hydrogen-bond donors (Lipinski definition) is 3. The topological polar surface area (TPSA) is 97.5 Å². The molecule has 124 valence electrons. The van der Waals surface area contributed by atoms with Gasteiger partial charge in [-0.1, -0.05) is 6.07 Å². The maximum atomic E-state index is 12.4. The molecule has 1 aromatic rings. The van der Waals surface area contributed by atoms with Crippen molar-refractivity contribution in [2.24, 2.45) is 5.84 Å². The van der Waals surface area contributed by atoms with Gasteiger partial charge in [0.15, 0.2) is 0 Å². The Morgan fingerprint density at radius 3 is 2.23 bits per heavy atom. The SMILES string of the molecule is NNC(=O)c1cccc(OCC(O)(C(F)(F)F)C(F)(F)F)n1. The lowest BCUT2D eigenvalue weighted by atomic mass is 10.0. The van der Waals surface area contributed by atoms with Crippen LogP contribution in [0.2, 0.25) is 0 Å². The Kier molecular flexibility index (Phi) is 4.87. The predicted octanol–water partition coefficient (Wildman–Crippen LogP) is 0.920. The quantitative estimate of drug-likeness (QED) is 0.329. The highest BCUT2D eigenvalue weighted by Crippen LogP contribution is 2.43. The molecule has 1 heterocycles. The highest BCUT2D eigenvalue weighted by Gasteiger charge is 2.71. The summed E-state index contributed by atoms with van der Waals surface area (Å²) in [5, 5.41) is 8.87. The van der Waals surface area contributed by atoms with Gasteiger partial charge in [-0.05, 0) is 6.07 Å². The van der Waals surface area contributed by atoms with Crippen molar-refractivity contribution in [1.82, 2.24) is 10.4 Å². The zero-order valence-electron chi connectivity index (χ0n) is 10.5. The average Bonchev–Trinajstić information content (AvgIpc) is 2.41. The number of aliphatic hydroxyl groups is 1. The third kappa shape index (κ3) is 3.57. The number of alkyl halides is 6. The second kappa shape index (κ2) is 5.96. The van der Waals surface area contributed by atoms with Crippen molar-refractivity contribution in [3.63, 3.8) is 0 Å². The van der Waals surface area contributed by atoms with Crippen LogP contribution in [-0.4, -0.2) is 40.6 Å². The Balaban J connectivity index is 2.98. The number of nitrogens with one attached hydrogen (secondary N) is 1. The summed E-state index contributed by atoms with van der Waals surface area (Å²) in [5.74, 6) is 3.13. The van der Waals surface area contributed by atoms with E-state index < -0.39 is 42.0 Å². The smallest absolute Gasteiger partial charge is 0.429 e. The first kappa shape index (κ1) is 18.0. The molecule has 0 saturated carbocycles. The van der Waals surface area contributed by atoms with Crippen LogP contribution >= 0.6 is 0 Å². The molecule has 6 nitrogen and oxygen atoms in total. The van der Waals surface area contributed by atoms with Gasteiger partial charge in [-0.15, -0.1) is 0 Å². The zero-order chi connectivity index (χ0) is 17.2. The van der Waals surface area contributed by atoms with E-state index >= 15 is 0 Å². The van der Waals surface area contributed by atoms with Gasteiger partial charge in [0.1, 0.15) is 12.3 Å². The number of hydrogen-bond acceptors (Lipinski definition) is 5. The van der Waals surface area contributed by atoms with E-state index in [9.17, 15) is 31.1 Å². The molecule has 0 spiro atoms. The van der Waals surface area contributed by atoms with Gasteiger partial charge < -0.3 is 9.84 Å². The molecule has 0 saturated heterocycles. The Bertz CT molecular complexity index is 531. The Labute approximate surface area is 118 Å². The van der Waals surface area contributed by atoms with Crippen molar-refractivity contribution >= 4 is 5.91 Å². The lowest BCUT2D eigenvalue weighted by molar-refractivity contribution is -0.373. The van der Waals surface area contributed by atoms with Gasteiger partial charge in [0.05, 0.1) is 0 Å². The van der Waals surface area contributed by atoms with Crippen molar-refractivity contribution in [1.29, 1.82) is 0 Å². The van der Waals surface area contributed by atoms with E-state index in [1.165, 1.54) is 0 Å². The minimum Gasteiger partial charge on any atom is -0.474 e. The van der Waals surface area contributed by atoms with Crippen LogP contribution in [0.15, 0.2) is 18.2 Å². The second-order valence-electron chi connectivity index (χ2n) is 3.98. The summed E-state index contributed by atoms with van der Waals surface area (Å²) < 4.78 is 78.7. The number of aromatic nitrogens is 1. The van der Waals surface area contributed by atoms with E-state index in [1.54, 1.807) is 5.43 Å². The predicted molar refractivity (Wildman–Crippen MR) is 58.4 cm³/mol. The Morgan fingerprint density at radius 1 is 1.23 bits per heavy atom. The van der Waals surface area contributed by atoms with Crippen molar-refractivity contribution in [3.8, 4) is 5.88 Å². The molecule has 12 heteroatoms. The monoisotopic (exact) mass is 333 g/mol. The number of pyridine rings is 1. The molecule has 0 aliphatic carbocycles. The molecular formula is C10H9F6N3O3. The summed E-state index contributed by atoms with van der Waals surface area (Å²) in [4.78, 5) is 14.5. The van der Waals surface area contributed by atoms with E-state index in [4.69, 9.17) is 10.9 Å². The molecule has 1 amide bonds. The molecule has 0 atom stereocenters. The van der Waals surface area contributed by atoms with E-state index in [0.29, 0.717) is 0 Å². The third-order valence-electron chi connectivity index (χ3n) is 2.45. The minimum atomic E-state index is -6.02. The number of amides is 1. The fraction of sp³-hybridized carbons (Fsp3) is 0.400. The summed E-state index contributed by atoms with van der Waals surface area (Å²) >= 11 is 0. The molecule has 1 rings (SSSR count). The van der Waals surface area contributed by atoms with Crippen molar-refractivity contribution in [3.05, 3.63) is 23.9 Å². The molecule has 0 unspecified atom stereocenters. The van der Waals surface area contributed by atoms with Crippen LogP contribution in [0, 0.1) is 0 Å². The number of carbonyl (C=O) groups excluding carboxylic acids is 1. The molecular weight excluding hydrogens is 324 g/mol. The van der Waals surface area contributed by atoms with Gasteiger partial charge in [-0.2, -0.15) is 26.3 Å². The summed E-state index contributed by atoms with van der Waals surface area (Å²) in [6.07, 6.45) is -12.0. The fourth-order valence-electron chi connectivity index (χ4n) is 1.20. The van der Waals surface area contributed by atoms with E-state index in [0.717, 1.165) is 18.2 Å². The lowest BCUT2D eigenvalue weighted by Gasteiger charge is -2.31. The average molecular weight is 333 g/mol. The van der Waals surface area contributed by atoms with Gasteiger partial charge in [0.25, 0.3) is 11.5 Å². The lowest BCUT2D eigenvalue weighted by Crippen LogP contribution is -2.60. The molecule has 22 heavy (non-hydrogen) atoms. The second-order valence-corrected chi connectivity index (χ2v) is 3.98. The van der Waals surface area contributed by atoms with E-state index in [1.807, 2.05) is 0 Å². The maximum Gasteiger partial charge on any atom is 0.429 e. The summed E-state index contributed by atoms with van der Waals surface area (Å²) in [6, 6.07) is 3.09. The van der Waals surface area contributed by atoms with Gasteiger partial charge in [-0.25, -0.2) is 10.8 Å². The molecule has 0 bridgehead atoms.